The molecule has 0 aliphatic rings. The van der Waals surface area contributed by atoms with E-state index in [2.05, 4.69) is 0 Å². The first-order valence-electron chi connectivity index (χ1n) is 5.97. The molecule has 2 aromatic carbocycles. The first kappa shape index (κ1) is 12.6. The zero-order valence-corrected chi connectivity index (χ0v) is 11.0. The summed E-state index contributed by atoms with van der Waals surface area (Å²) < 4.78 is 0. The fraction of sp³-hybridized carbons (Fsp3) is 0.267. The third-order valence-corrected chi connectivity index (χ3v) is 2.94. The predicted molar refractivity (Wildman–Crippen MR) is 74.1 cm³/mol. The van der Waals surface area contributed by atoms with Crippen LogP contribution in [-0.4, -0.2) is 16.5 Å². The summed E-state index contributed by atoms with van der Waals surface area (Å²) in [6.07, 6.45) is 0. The number of amides is 1. The number of rotatable bonds is 1. The van der Waals surface area contributed by atoms with Crippen LogP contribution in [0.4, 0.5) is 0 Å². The van der Waals surface area contributed by atoms with Gasteiger partial charge in [-0.2, -0.15) is 0 Å². The topological polar surface area (TPSA) is 46.3 Å². The minimum atomic E-state index is -0.386. The molecule has 0 atom stereocenters. The highest BCUT2D eigenvalue weighted by molar-refractivity contribution is 5.98. The molecule has 2 N–H and O–H groups in total. The Morgan fingerprint density at radius 1 is 1.06 bits per heavy atom. The van der Waals surface area contributed by atoms with E-state index in [0.29, 0.717) is 5.56 Å². The summed E-state index contributed by atoms with van der Waals surface area (Å²) in [5.74, 6) is 5.70. The molecule has 0 aliphatic carbocycles. The number of carbonyl (C=O) groups is 1. The summed E-state index contributed by atoms with van der Waals surface area (Å²) in [7, 11) is 0. The van der Waals surface area contributed by atoms with Crippen LogP contribution in [0.15, 0.2) is 42.5 Å². The van der Waals surface area contributed by atoms with Gasteiger partial charge in [0.25, 0.3) is 5.91 Å². The van der Waals surface area contributed by atoms with Gasteiger partial charge < -0.3 is 0 Å². The minimum Gasteiger partial charge on any atom is -0.271 e. The van der Waals surface area contributed by atoms with E-state index in [0.717, 1.165) is 10.8 Å². The number of nitrogens with two attached hydrogens (primary N) is 1. The molecule has 3 heteroatoms. The van der Waals surface area contributed by atoms with E-state index in [1.54, 1.807) is 0 Å². The molecular formula is C15H18N2O. The molecule has 0 spiro atoms. The molecule has 0 unspecified atom stereocenters. The smallest absolute Gasteiger partial charge is 0.268 e. The van der Waals surface area contributed by atoms with Crippen molar-refractivity contribution in [2.24, 2.45) is 5.84 Å². The lowest BCUT2D eigenvalue weighted by Crippen LogP contribution is -2.50. The van der Waals surface area contributed by atoms with Gasteiger partial charge in [-0.1, -0.05) is 30.3 Å². The molecule has 0 saturated heterocycles. The maximum Gasteiger partial charge on any atom is 0.268 e. The van der Waals surface area contributed by atoms with Gasteiger partial charge in [-0.05, 0) is 43.7 Å². The quantitative estimate of drug-likeness (QED) is 0.475. The Hall–Kier alpha value is -1.87. The van der Waals surface area contributed by atoms with Crippen molar-refractivity contribution in [2.45, 2.75) is 26.3 Å². The molecule has 0 heterocycles. The maximum absolute atomic E-state index is 12.2. The van der Waals surface area contributed by atoms with Gasteiger partial charge in [0.15, 0.2) is 0 Å². The molecule has 0 fully saturated rings. The molecular weight excluding hydrogens is 224 g/mol. The highest BCUT2D eigenvalue weighted by Gasteiger charge is 2.24. The van der Waals surface area contributed by atoms with Crippen molar-refractivity contribution in [1.29, 1.82) is 0 Å². The zero-order valence-electron chi connectivity index (χ0n) is 11.0. The van der Waals surface area contributed by atoms with Gasteiger partial charge >= 0.3 is 0 Å². The lowest BCUT2D eigenvalue weighted by atomic mass is 10.0. The molecule has 0 aliphatic heterocycles. The van der Waals surface area contributed by atoms with Crippen LogP contribution in [0.25, 0.3) is 10.8 Å². The van der Waals surface area contributed by atoms with E-state index in [4.69, 9.17) is 5.84 Å². The second-order valence-corrected chi connectivity index (χ2v) is 5.41. The lowest BCUT2D eigenvalue weighted by molar-refractivity contribution is 0.0582. The molecule has 1 amide bonds. The van der Waals surface area contributed by atoms with Crippen molar-refractivity contribution in [2.75, 3.05) is 0 Å². The van der Waals surface area contributed by atoms with Gasteiger partial charge in [-0.25, -0.2) is 5.84 Å². The Morgan fingerprint density at radius 2 is 1.67 bits per heavy atom. The Balaban J connectivity index is 2.40. The molecule has 94 valence electrons. The Bertz CT molecular complexity index is 584. The largest absolute Gasteiger partial charge is 0.271 e. The Morgan fingerprint density at radius 3 is 2.28 bits per heavy atom. The summed E-state index contributed by atoms with van der Waals surface area (Å²) in [6.45, 7) is 5.73. The normalized spacial score (nSPS) is 11.6. The molecule has 18 heavy (non-hydrogen) atoms. The van der Waals surface area contributed by atoms with Crippen molar-refractivity contribution in [3.05, 3.63) is 48.0 Å². The Labute approximate surface area is 107 Å². The second-order valence-electron chi connectivity index (χ2n) is 5.41. The number of carbonyl (C=O) groups excluding carboxylic acids is 1. The van der Waals surface area contributed by atoms with E-state index in [1.807, 2.05) is 63.2 Å². The van der Waals surface area contributed by atoms with Crippen molar-refractivity contribution in [3.63, 3.8) is 0 Å². The first-order valence-corrected chi connectivity index (χ1v) is 5.97. The fourth-order valence-electron chi connectivity index (χ4n) is 1.77. The third kappa shape index (κ3) is 2.36. The van der Waals surface area contributed by atoms with Crippen LogP contribution < -0.4 is 5.84 Å². The van der Waals surface area contributed by atoms with Crippen LogP contribution in [0.3, 0.4) is 0 Å². The summed E-state index contributed by atoms with van der Waals surface area (Å²) >= 11 is 0. The van der Waals surface area contributed by atoms with Gasteiger partial charge in [-0.15, -0.1) is 0 Å². The highest BCUT2D eigenvalue weighted by Crippen LogP contribution is 2.18. The number of hydrazine groups is 1. The summed E-state index contributed by atoms with van der Waals surface area (Å²) in [5, 5.41) is 3.44. The SMILES string of the molecule is CC(C)(C)N(N)C(=O)c1ccc2ccccc2c1. The van der Waals surface area contributed by atoms with Crippen molar-refractivity contribution in [3.8, 4) is 0 Å². The average Bonchev–Trinajstić information content (AvgIpc) is 2.35. The number of fused-ring (bicyclic) bond motifs is 1. The minimum absolute atomic E-state index is 0.159. The second kappa shape index (κ2) is 4.42. The van der Waals surface area contributed by atoms with Crippen LogP contribution in [0.2, 0.25) is 0 Å². The number of benzene rings is 2. The first-order chi connectivity index (χ1) is 8.39. The van der Waals surface area contributed by atoms with Gasteiger partial charge in [0.05, 0.1) is 5.54 Å². The summed E-state index contributed by atoms with van der Waals surface area (Å²) in [6, 6.07) is 13.6. The molecule has 0 radical (unpaired) electrons. The summed E-state index contributed by atoms with van der Waals surface area (Å²) in [5.41, 5.74) is 0.231. The third-order valence-electron chi connectivity index (χ3n) is 2.94. The van der Waals surface area contributed by atoms with E-state index < -0.39 is 0 Å². The van der Waals surface area contributed by atoms with Crippen LogP contribution in [0, 0.1) is 0 Å². The van der Waals surface area contributed by atoms with Gasteiger partial charge in [0, 0.05) is 5.56 Å². The molecule has 0 saturated carbocycles. The Kier molecular flexibility index (Phi) is 3.09. The molecule has 3 nitrogen and oxygen atoms in total. The van der Waals surface area contributed by atoms with Crippen molar-refractivity contribution < 1.29 is 4.79 Å². The van der Waals surface area contributed by atoms with Crippen LogP contribution >= 0.6 is 0 Å². The zero-order chi connectivity index (χ0) is 13.3. The molecule has 0 bridgehead atoms. The molecule has 2 rings (SSSR count). The standard InChI is InChI=1S/C15H18N2O/c1-15(2,3)17(16)14(18)13-9-8-11-6-4-5-7-12(11)10-13/h4-10H,16H2,1-3H3. The lowest BCUT2D eigenvalue weighted by Gasteiger charge is -2.31. The van der Waals surface area contributed by atoms with E-state index in [9.17, 15) is 4.79 Å². The summed E-state index contributed by atoms with van der Waals surface area (Å²) in [4.78, 5) is 12.2. The van der Waals surface area contributed by atoms with Crippen molar-refractivity contribution in [1.82, 2.24) is 5.01 Å². The molecule has 2 aromatic rings. The number of hydrogen-bond donors (Lipinski definition) is 1. The average molecular weight is 242 g/mol. The predicted octanol–water partition coefficient (Wildman–Crippen LogP) is 2.95. The van der Waals surface area contributed by atoms with Gasteiger partial charge in [0.2, 0.25) is 0 Å². The molecule has 0 aromatic heterocycles. The number of hydrogen-bond acceptors (Lipinski definition) is 2. The number of nitrogens with zero attached hydrogens (tertiary/aromatic N) is 1. The fourth-order valence-corrected chi connectivity index (χ4v) is 1.77. The van der Waals surface area contributed by atoms with Crippen molar-refractivity contribution >= 4 is 16.7 Å². The van der Waals surface area contributed by atoms with Gasteiger partial charge in [-0.3, -0.25) is 9.80 Å². The van der Waals surface area contributed by atoms with E-state index in [-0.39, 0.29) is 11.4 Å². The van der Waals surface area contributed by atoms with E-state index in [1.165, 1.54) is 5.01 Å². The van der Waals surface area contributed by atoms with Crippen LogP contribution in [-0.2, 0) is 0 Å². The van der Waals surface area contributed by atoms with E-state index >= 15 is 0 Å². The van der Waals surface area contributed by atoms with Crippen LogP contribution in [0.5, 0.6) is 0 Å². The monoisotopic (exact) mass is 242 g/mol. The van der Waals surface area contributed by atoms with Gasteiger partial charge in [0.1, 0.15) is 0 Å². The highest BCUT2D eigenvalue weighted by atomic mass is 16.2. The maximum atomic E-state index is 12.2. The van der Waals surface area contributed by atoms with Crippen LogP contribution in [0.1, 0.15) is 31.1 Å².